The average molecular weight is 919 g/mol. The number of benzene rings is 2. The lowest BCUT2D eigenvalue weighted by Gasteiger charge is -2.38. The van der Waals surface area contributed by atoms with Crippen LogP contribution in [-0.2, 0) is 44.3 Å². The van der Waals surface area contributed by atoms with Crippen molar-refractivity contribution in [2.75, 3.05) is 0 Å². The molecule has 1 unspecified atom stereocenters. The SMILES string of the molecule is CC[C@@]1(O)C(=O)OCc2c1cc1n(c2=O)Cc2c-1nc1ccc(OC(=O)CCCCC(=O)Oc3c(C)c(C)c4c(c3C)CCC(C)(CCC[C@H](C)CCC[C@H](C)CCCC(C)C)O4)cc1c2C. The first-order chi connectivity index (χ1) is 31.8. The molecule has 2 aromatic heterocycles. The number of aromatic nitrogens is 2. The van der Waals surface area contributed by atoms with Crippen LogP contribution in [0.4, 0.5) is 0 Å². The van der Waals surface area contributed by atoms with Crippen LogP contribution in [0, 0.1) is 45.4 Å². The van der Waals surface area contributed by atoms with E-state index in [9.17, 15) is 24.3 Å². The van der Waals surface area contributed by atoms with Crippen LogP contribution in [0.5, 0.6) is 17.2 Å². The fourth-order valence-electron chi connectivity index (χ4n) is 10.6. The Bertz CT molecular complexity index is 2590. The van der Waals surface area contributed by atoms with Crippen molar-refractivity contribution < 1.29 is 38.4 Å². The van der Waals surface area contributed by atoms with Gasteiger partial charge in [-0.15, -0.1) is 0 Å². The Morgan fingerprint density at radius 1 is 0.806 bits per heavy atom. The van der Waals surface area contributed by atoms with Crippen LogP contribution in [0.25, 0.3) is 22.3 Å². The van der Waals surface area contributed by atoms with Crippen molar-refractivity contribution in [2.45, 2.75) is 196 Å². The number of fused-ring (bicyclic) bond motifs is 6. The third-order valence-electron chi connectivity index (χ3n) is 15.2. The molecular weight excluding hydrogens is 845 g/mol. The molecule has 0 saturated heterocycles. The lowest BCUT2D eigenvalue weighted by molar-refractivity contribution is -0.172. The molecule has 0 saturated carbocycles. The van der Waals surface area contributed by atoms with Crippen LogP contribution in [0.2, 0.25) is 0 Å². The van der Waals surface area contributed by atoms with E-state index >= 15 is 0 Å². The minimum atomic E-state index is -1.90. The number of aryl methyl sites for hydroxylation is 1. The molecule has 0 aliphatic carbocycles. The number of nitrogens with zero attached hydrogens (tertiary/aromatic N) is 2. The number of hydrogen-bond acceptors (Lipinski definition) is 10. The number of aliphatic hydroxyl groups is 1. The van der Waals surface area contributed by atoms with Gasteiger partial charge in [-0.2, -0.15) is 0 Å². The maximum Gasteiger partial charge on any atom is 0.343 e. The zero-order chi connectivity index (χ0) is 48.4. The third-order valence-corrected chi connectivity index (χ3v) is 15.2. The number of esters is 3. The van der Waals surface area contributed by atoms with Crippen molar-refractivity contribution in [3.63, 3.8) is 0 Å². The summed E-state index contributed by atoms with van der Waals surface area (Å²) < 4.78 is 25.4. The molecule has 1 N–H and O–H groups in total. The summed E-state index contributed by atoms with van der Waals surface area (Å²) in [4.78, 5) is 57.3. The van der Waals surface area contributed by atoms with E-state index in [1.54, 1.807) is 35.8 Å². The molecule has 11 heteroatoms. The number of pyridine rings is 2. The lowest BCUT2D eigenvalue weighted by atomic mass is 9.83. The molecule has 2 aromatic carbocycles. The van der Waals surface area contributed by atoms with Gasteiger partial charge in [-0.05, 0) is 144 Å². The minimum absolute atomic E-state index is 0.0660. The highest BCUT2D eigenvalue weighted by Gasteiger charge is 2.45. The van der Waals surface area contributed by atoms with Crippen molar-refractivity contribution >= 4 is 28.8 Å². The van der Waals surface area contributed by atoms with E-state index in [1.165, 1.54) is 44.9 Å². The summed E-state index contributed by atoms with van der Waals surface area (Å²) >= 11 is 0. The van der Waals surface area contributed by atoms with Crippen molar-refractivity contribution in [3.05, 3.63) is 79.1 Å². The van der Waals surface area contributed by atoms with Crippen molar-refractivity contribution in [1.82, 2.24) is 9.55 Å². The van der Waals surface area contributed by atoms with Crippen molar-refractivity contribution in [3.8, 4) is 28.6 Å². The van der Waals surface area contributed by atoms with Crippen LogP contribution in [0.1, 0.15) is 182 Å². The fraction of sp³-hybridized carbons (Fsp3) is 0.589. The van der Waals surface area contributed by atoms with Gasteiger partial charge in [0.2, 0.25) is 0 Å². The number of hydrogen-bond donors (Lipinski definition) is 1. The van der Waals surface area contributed by atoms with Gasteiger partial charge in [-0.25, -0.2) is 9.78 Å². The smallest absolute Gasteiger partial charge is 0.343 e. The van der Waals surface area contributed by atoms with Crippen molar-refractivity contribution in [1.29, 1.82) is 0 Å². The number of unbranched alkanes of at least 4 members (excludes halogenated alkanes) is 1. The van der Waals surface area contributed by atoms with E-state index < -0.39 is 17.5 Å². The fourth-order valence-corrected chi connectivity index (χ4v) is 10.6. The largest absolute Gasteiger partial charge is 0.487 e. The maximum atomic E-state index is 13.6. The Labute approximate surface area is 397 Å². The minimum Gasteiger partial charge on any atom is -0.487 e. The molecule has 362 valence electrons. The summed E-state index contributed by atoms with van der Waals surface area (Å²) in [6.45, 7) is 21.5. The van der Waals surface area contributed by atoms with E-state index in [4.69, 9.17) is 23.9 Å². The second-order valence-electron chi connectivity index (χ2n) is 20.9. The molecule has 67 heavy (non-hydrogen) atoms. The predicted molar refractivity (Wildman–Crippen MR) is 262 cm³/mol. The Hall–Kier alpha value is -5.03. The Morgan fingerprint density at radius 2 is 1.46 bits per heavy atom. The predicted octanol–water partition coefficient (Wildman–Crippen LogP) is 11.9. The van der Waals surface area contributed by atoms with Gasteiger partial charge in [0.25, 0.3) is 5.56 Å². The molecule has 0 bridgehead atoms. The van der Waals surface area contributed by atoms with Gasteiger partial charge in [-0.1, -0.05) is 79.6 Å². The van der Waals surface area contributed by atoms with Gasteiger partial charge >= 0.3 is 17.9 Å². The summed E-state index contributed by atoms with van der Waals surface area (Å²) in [6.07, 6.45) is 14.5. The summed E-state index contributed by atoms with van der Waals surface area (Å²) in [5.41, 5.74) is 5.66. The van der Waals surface area contributed by atoms with Gasteiger partial charge in [0, 0.05) is 34.9 Å². The Balaban J connectivity index is 0.879. The topological polar surface area (TPSA) is 143 Å². The van der Waals surface area contributed by atoms with Gasteiger partial charge in [0.15, 0.2) is 5.60 Å². The quantitative estimate of drug-likeness (QED) is 0.0455. The zero-order valence-electron chi connectivity index (χ0n) is 41.9. The molecule has 0 amide bonds. The van der Waals surface area contributed by atoms with E-state index in [2.05, 4.69) is 41.5 Å². The molecule has 5 heterocycles. The van der Waals surface area contributed by atoms with Crippen LogP contribution >= 0.6 is 0 Å². The molecule has 11 nitrogen and oxygen atoms in total. The van der Waals surface area contributed by atoms with Gasteiger partial charge in [-0.3, -0.25) is 14.4 Å². The summed E-state index contributed by atoms with van der Waals surface area (Å²) in [5.74, 6) is 2.80. The Kier molecular flexibility index (Phi) is 15.4. The third kappa shape index (κ3) is 10.7. The molecule has 4 aromatic rings. The van der Waals surface area contributed by atoms with Gasteiger partial charge < -0.3 is 28.6 Å². The van der Waals surface area contributed by atoms with E-state index in [0.717, 1.165) is 88.0 Å². The lowest BCUT2D eigenvalue weighted by Crippen LogP contribution is -2.44. The number of ether oxygens (including phenoxy) is 4. The van der Waals surface area contributed by atoms with E-state index in [0.29, 0.717) is 41.2 Å². The summed E-state index contributed by atoms with van der Waals surface area (Å²) in [7, 11) is 0. The molecule has 3 aliphatic rings. The number of carbonyl (C=O) groups is 3. The molecule has 0 spiro atoms. The first-order valence-corrected chi connectivity index (χ1v) is 25.2. The van der Waals surface area contributed by atoms with E-state index in [1.807, 2.05) is 20.8 Å². The number of cyclic esters (lactones) is 1. The molecule has 0 fully saturated rings. The Morgan fingerprint density at radius 3 is 2.13 bits per heavy atom. The molecule has 7 rings (SSSR count). The summed E-state index contributed by atoms with van der Waals surface area (Å²) in [6, 6.07) is 6.94. The molecule has 4 atom stereocenters. The first kappa shape index (κ1) is 49.9. The van der Waals surface area contributed by atoms with Gasteiger partial charge in [0.1, 0.15) is 29.5 Å². The van der Waals surface area contributed by atoms with Crippen LogP contribution < -0.4 is 19.8 Å². The molecular formula is C56H74N2O9. The van der Waals surface area contributed by atoms with Gasteiger partial charge in [0.05, 0.1) is 29.0 Å². The number of carbonyl (C=O) groups excluding carboxylic acids is 3. The maximum absolute atomic E-state index is 13.6. The second kappa shape index (κ2) is 20.7. The van der Waals surface area contributed by atoms with Crippen LogP contribution in [0.3, 0.4) is 0 Å². The standard InChI is InChI=1S/C56H74N2O9/c1-11-56(63)45-30-47-50-43(31-58(47)53(61)44(45)32-64-54(56)62)38(8)42-29-40(24-25-46(42)57-50)65-48(59)22-12-13-23-49(60)66-51-36(6)37(7)52-41(39(51)9)26-28-55(10,67-52)27-16-21-35(5)20-15-19-34(4)18-14-17-33(2)3/h24-25,29-30,33-35,63H,11-23,26-28,31-32H2,1-10H3/t34-,35-,55?,56+/m1/s1. The van der Waals surface area contributed by atoms with Crippen LogP contribution in [-0.4, -0.2) is 38.2 Å². The van der Waals surface area contributed by atoms with Crippen LogP contribution in [0.15, 0.2) is 29.1 Å². The highest BCUT2D eigenvalue weighted by molar-refractivity contribution is 5.90. The van der Waals surface area contributed by atoms with Crippen molar-refractivity contribution in [2.24, 2.45) is 17.8 Å². The average Bonchev–Trinajstić information content (AvgIpc) is 3.66. The monoisotopic (exact) mass is 919 g/mol. The summed E-state index contributed by atoms with van der Waals surface area (Å²) in [5, 5.41) is 12.0. The second-order valence-corrected chi connectivity index (χ2v) is 20.9. The molecule has 3 aliphatic heterocycles. The van der Waals surface area contributed by atoms with E-state index in [-0.39, 0.29) is 60.7 Å². The molecule has 0 radical (unpaired) electrons. The normalized spacial score (nSPS) is 19.3. The first-order valence-electron chi connectivity index (χ1n) is 25.2. The highest BCUT2D eigenvalue weighted by Crippen LogP contribution is 2.46. The highest BCUT2D eigenvalue weighted by atomic mass is 16.6. The number of rotatable bonds is 20. The zero-order valence-corrected chi connectivity index (χ0v) is 41.9.